The Labute approximate surface area is 125 Å². The molecule has 1 aliphatic heterocycles. The number of likely N-dealkylation sites (tertiary alicyclic amines) is 1. The number of carbonyl (C=O) groups excluding carboxylic acids is 1. The Balaban J connectivity index is 1.99. The topological polar surface area (TPSA) is 59.2 Å². The highest BCUT2D eigenvalue weighted by molar-refractivity contribution is 6.05. The highest BCUT2D eigenvalue weighted by Gasteiger charge is 2.31. The van der Waals surface area contributed by atoms with Crippen LogP contribution in [0.2, 0.25) is 0 Å². The van der Waals surface area contributed by atoms with Crippen molar-refractivity contribution in [1.29, 1.82) is 0 Å². The van der Waals surface area contributed by atoms with Crippen molar-refractivity contribution in [3.8, 4) is 0 Å². The molecule has 3 rings (SSSR count). The van der Waals surface area contributed by atoms with Gasteiger partial charge < -0.3 is 10.6 Å². The number of amides is 1. The maximum atomic E-state index is 12.9. The lowest BCUT2D eigenvalue weighted by Crippen LogP contribution is -2.51. The van der Waals surface area contributed by atoms with Gasteiger partial charge in [0, 0.05) is 30.2 Å². The Kier molecular flexibility index (Phi) is 3.88. The van der Waals surface area contributed by atoms with Crippen molar-refractivity contribution in [3.63, 3.8) is 0 Å². The predicted molar refractivity (Wildman–Crippen MR) is 84.1 cm³/mol. The van der Waals surface area contributed by atoms with Crippen LogP contribution in [-0.4, -0.2) is 34.4 Å². The first-order valence-corrected chi connectivity index (χ1v) is 7.59. The second kappa shape index (κ2) is 5.82. The summed E-state index contributed by atoms with van der Waals surface area (Å²) in [6, 6.07) is 9.93. The fourth-order valence-electron chi connectivity index (χ4n) is 3.18. The summed E-state index contributed by atoms with van der Waals surface area (Å²) in [4.78, 5) is 19.2. The molecule has 0 radical (unpaired) electrons. The van der Waals surface area contributed by atoms with E-state index in [9.17, 15) is 4.79 Å². The number of benzene rings is 1. The van der Waals surface area contributed by atoms with Crippen molar-refractivity contribution in [2.45, 2.75) is 38.3 Å². The molecule has 2 aromatic rings. The van der Waals surface area contributed by atoms with E-state index < -0.39 is 0 Å². The number of fused-ring (bicyclic) bond motifs is 1. The molecule has 1 amide bonds. The van der Waals surface area contributed by atoms with E-state index in [-0.39, 0.29) is 18.0 Å². The molecule has 110 valence electrons. The average Bonchev–Trinajstić information content (AvgIpc) is 2.53. The number of nitrogens with two attached hydrogens (primary N) is 1. The first-order valence-electron chi connectivity index (χ1n) is 7.59. The molecule has 1 aromatic carbocycles. The van der Waals surface area contributed by atoms with Crippen LogP contribution in [0.5, 0.6) is 0 Å². The minimum Gasteiger partial charge on any atom is -0.333 e. The zero-order valence-corrected chi connectivity index (χ0v) is 12.3. The van der Waals surface area contributed by atoms with E-state index in [1.807, 2.05) is 42.2 Å². The van der Waals surface area contributed by atoms with Crippen LogP contribution in [0, 0.1) is 0 Å². The summed E-state index contributed by atoms with van der Waals surface area (Å²) in [6.07, 6.45) is 4.87. The van der Waals surface area contributed by atoms with Gasteiger partial charge in [-0.05, 0) is 37.6 Å². The molecule has 1 saturated heterocycles. The summed E-state index contributed by atoms with van der Waals surface area (Å²) >= 11 is 0. The van der Waals surface area contributed by atoms with Crippen LogP contribution in [0.25, 0.3) is 10.8 Å². The maximum absolute atomic E-state index is 12.9. The lowest BCUT2D eigenvalue weighted by molar-refractivity contribution is 0.0580. The van der Waals surface area contributed by atoms with E-state index in [1.165, 1.54) is 0 Å². The van der Waals surface area contributed by atoms with E-state index in [1.54, 1.807) is 6.20 Å². The van der Waals surface area contributed by atoms with E-state index in [0.29, 0.717) is 5.69 Å². The smallest absolute Gasteiger partial charge is 0.273 e. The summed E-state index contributed by atoms with van der Waals surface area (Å²) in [7, 11) is 0. The zero-order valence-electron chi connectivity index (χ0n) is 12.3. The molecule has 0 saturated carbocycles. The van der Waals surface area contributed by atoms with Crippen LogP contribution in [0.4, 0.5) is 0 Å². The molecule has 2 heterocycles. The van der Waals surface area contributed by atoms with Gasteiger partial charge in [-0.25, -0.2) is 0 Å². The molecule has 4 heteroatoms. The summed E-state index contributed by atoms with van der Waals surface area (Å²) in [5, 5.41) is 1.96. The van der Waals surface area contributed by atoms with Gasteiger partial charge in [0.1, 0.15) is 5.69 Å². The van der Waals surface area contributed by atoms with Gasteiger partial charge >= 0.3 is 0 Å². The number of hydrogen-bond donors (Lipinski definition) is 1. The highest BCUT2D eigenvalue weighted by atomic mass is 16.2. The molecular formula is C17H21N3O. The SMILES string of the molecule is CC(N)C1CCCCN1C(=O)c1nccc2ccccc12. The van der Waals surface area contributed by atoms with Gasteiger partial charge in [-0.1, -0.05) is 24.3 Å². The predicted octanol–water partition coefficient (Wildman–Crippen LogP) is 2.58. The van der Waals surface area contributed by atoms with Crippen molar-refractivity contribution < 1.29 is 4.79 Å². The molecule has 4 nitrogen and oxygen atoms in total. The molecule has 0 spiro atoms. The standard InChI is InChI=1S/C17H21N3O/c1-12(18)15-8-4-5-11-20(15)17(21)16-14-7-3-2-6-13(14)9-10-19-16/h2-3,6-7,9-10,12,15H,4-5,8,11,18H2,1H3. The number of rotatable bonds is 2. The van der Waals surface area contributed by atoms with Gasteiger partial charge in [-0.3, -0.25) is 9.78 Å². The van der Waals surface area contributed by atoms with E-state index in [4.69, 9.17) is 5.73 Å². The highest BCUT2D eigenvalue weighted by Crippen LogP contribution is 2.24. The van der Waals surface area contributed by atoms with Gasteiger partial charge in [-0.2, -0.15) is 0 Å². The number of pyridine rings is 1. The monoisotopic (exact) mass is 283 g/mol. The number of aromatic nitrogens is 1. The fraction of sp³-hybridized carbons (Fsp3) is 0.412. The third-order valence-electron chi connectivity index (χ3n) is 4.29. The van der Waals surface area contributed by atoms with Crippen LogP contribution in [-0.2, 0) is 0 Å². The van der Waals surface area contributed by atoms with Crippen LogP contribution in [0.15, 0.2) is 36.5 Å². The molecule has 1 fully saturated rings. The van der Waals surface area contributed by atoms with Gasteiger partial charge in [0.25, 0.3) is 5.91 Å². The second-order valence-electron chi connectivity index (χ2n) is 5.80. The first-order chi connectivity index (χ1) is 10.2. The van der Waals surface area contributed by atoms with Crippen molar-refractivity contribution >= 4 is 16.7 Å². The van der Waals surface area contributed by atoms with Gasteiger partial charge in [0.2, 0.25) is 0 Å². The van der Waals surface area contributed by atoms with Crippen LogP contribution in [0.3, 0.4) is 0 Å². The molecule has 1 aliphatic rings. The lowest BCUT2D eigenvalue weighted by Gasteiger charge is -2.38. The first kappa shape index (κ1) is 14.0. The Morgan fingerprint density at radius 3 is 2.95 bits per heavy atom. The summed E-state index contributed by atoms with van der Waals surface area (Å²) in [5.74, 6) is 0.00815. The molecule has 0 aliphatic carbocycles. The maximum Gasteiger partial charge on any atom is 0.273 e. The van der Waals surface area contributed by atoms with Gasteiger partial charge in [0.15, 0.2) is 0 Å². The minimum absolute atomic E-state index is 0.00815. The van der Waals surface area contributed by atoms with Crippen LogP contribution in [0.1, 0.15) is 36.7 Å². The lowest BCUT2D eigenvalue weighted by atomic mass is 9.96. The number of nitrogens with zero attached hydrogens (tertiary/aromatic N) is 2. The van der Waals surface area contributed by atoms with Crippen molar-refractivity contribution in [2.75, 3.05) is 6.54 Å². The zero-order chi connectivity index (χ0) is 14.8. The number of piperidine rings is 1. The minimum atomic E-state index is -0.00998. The van der Waals surface area contributed by atoms with Crippen LogP contribution >= 0.6 is 0 Å². The molecule has 21 heavy (non-hydrogen) atoms. The van der Waals surface area contributed by atoms with Crippen LogP contribution < -0.4 is 5.73 Å². The normalized spacial score (nSPS) is 20.5. The Morgan fingerprint density at radius 1 is 1.33 bits per heavy atom. The van der Waals surface area contributed by atoms with E-state index in [2.05, 4.69) is 4.98 Å². The second-order valence-corrected chi connectivity index (χ2v) is 5.80. The molecular weight excluding hydrogens is 262 g/mol. The third-order valence-corrected chi connectivity index (χ3v) is 4.29. The average molecular weight is 283 g/mol. The molecule has 2 unspecified atom stereocenters. The quantitative estimate of drug-likeness (QED) is 0.921. The third kappa shape index (κ3) is 2.63. The molecule has 2 N–H and O–H groups in total. The van der Waals surface area contributed by atoms with Crippen molar-refractivity contribution in [1.82, 2.24) is 9.88 Å². The van der Waals surface area contributed by atoms with E-state index >= 15 is 0 Å². The molecule has 0 bridgehead atoms. The fourth-order valence-corrected chi connectivity index (χ4v) is 3.18. The Bertz CT molecular complexity index is 648. The number of hydrogen-bond acceptors (Lipinski definition) is 3. The molecule has 1 aromatic heterocycles. The van der Waals surface area contributed by atoms with E-state index in [0.717, 1.165) is 36.6 Å². The summed E-state index contributed by atoms with van der Waals surface area (Å²) in [6.45, 7) is 2.75. The summed E-state index contributed by atoms with van der Waals surface area (Å²) in [5.41, 5.74) is 6.61. The number of carbonyl (C=O) groups is 1. The van der Waals surface area contributed by atoms with Gasteiger partial charge in [0.05, 0.1) is 0 Å². The summed E-state index contributed by atoms with van der Waals surface area (Å²) < 4.78 is 0. The van der Waals surface area contributed by atoms with Crippen molar-refractivity contribution in [3.05, 3.63) is 42.2 Å². The van der Waals surface area contributed by atoms with Crippen molar-refractivity contribution in [2.24, 2.45) is 5.73 Å². The Morgan fingerprint density at radius 2 is 2.14 bits per heavy atom. The largest absolute Gasteiger partial charge is 0.333 e. The molecule has 2 atom stereocenters. The van der Waals surface area contributed by atoms with Gasteiger partial charge in [-0.15, -0.1) is 0 Å². The Hall–Kier alpha value is -1.94.